The summed E-state index contributed by atoms with van der Waals surface area (Å²) in [6.45, 7) is 25.5. The Morgan fingerprint density at radius 2 is 1.36 bits per heavy atom. The molecule has 222 valence electrons. The Balaban J connectivity index is 0.00000205. The summed E-state index contributed by atoms with van der Waals surface area (Å²) in [6, 6.07) is 18.5. The van der Waals surface area contributed by atoms with Gasteiger partial charge >= 0.3 is 0 Å². The van der Waals surface area contributed by atoms with Crippen LogP contribution in [0.15, 0.2) is 60.7 Å². The van der Waals surface area contributed by atoms with Crippen molar-refractivity contribution in [3.05, 3.63) is 105 Å². The van der Waals surface area contributed by atoms with Gasteiger partial charge in [0.2, 0.25) is 0 Å². The molecule has 0 aromatic heterocycles. The van der Waals surface area contributed by atoms with Gasteiger partial charge in [0.25, 0.3) is 0 Å². The first-order valence-corrected chi connectivity index (χ1v) is 14.5. The summed E-state index contributed by atoms with van der Waals surface area (Å²) in [7, 11) is 0. The SMILES string of the molecule is CC(C)=c1cc2c(c(C3=C(c4ccccc4C(C)(C)C)C=CC3)c1C(C)(C)C)=[C-]c1cc(C(C)(C)C)ccc1-2.[Cl-].[Cl-].[Hf]. The molecule has 3 heteroatoms. The molecule has 0 spiro atoms. The summed E-state index contributed by atoms with van der Waals surface area (Å²) < 4.78 is 0. The van der Waals surface area contributed by atoms with Crippen LogP contribution >= 0.6 is 0 Å². The molecule has 3 aromatic rings. The zero-order valence-electron chi connectivity index (χ0n) is 27.2. The Morgan fingerprint density at radius 1 is 0.714 bits per heavy atom. The van der Waals surface area contributed by atoms with Crippen LogP contribution in [0.3, 0.4) is 0 Å². The van der Waals surface area contributed by atoms with Crippen LogP contribution in [0.25, 0.3) is 33.9 Å². The predicted molar refractivity (Wildman–Crippen MR) is 172 cm³/mol. The van der Waals surface area contributed by atoms with Crippen LogP contribution in [0.4, 0.5) is 0 Å². The van der Waals surface area contributed by atoms with Gasteiger partial charge in [-0.1, -0.05) is 145 Å². The van der Waals surface area contributed by atoms with E-state index < -0.39 is 0 Å². The van der Waals surface area contributed by atoms with Gasteiger partial charge in [0.05, 0.1) is 0 Å². The number of allylic oxidation sites excluding steroid dienone is 4. The predicted octanol–water partition coefficient (Wildman–Crippen LogP) is 3.33. The van der Waals surface area contributed by atoms with E-state index in [1.54, 1.807) is 0 Å². The van der Waals surface area contributed by atoms with E-state index in [0.29, 0.717) is 0 Å². The second kappa shape index (κ2) is 12.7. The van der Waals surface area contributed by atoms with Crippen LogP contribution in [0.1, 0.15) is 116 Å². The fraction of sp³-hybridized carbons (Fsp3) is 0.385. The standard InChI is InChI=1S/C39H45.2ClH.Hf/c1-24(2)31-23-32-27-20-19-26(37(3,4)5)21-25(27)22-33(32)35(36(31)39(9,10)11)30-17-14-16-28(30)29-15-12-13-18-34(29)38(6,7)8;;;/h12-16,18-21,23H,17H2,1-11H3;2*1H;/q-1;;;/p-2. The van der Waals surface area contributed by atoms with Crippen molar-refractivity contribution in [3.8, 4) is 11.1 Å². The smallest absolute Gasteiger partial charge is 0 e. The maximum absolute atomic E-state index is 3.96. The average molecular weight is 763 g/mol. The quantitative estimate of drug-likeness (QED) is 0.218. The Bertz CT molecular complexity index is 1680. The van der Waals surface area contributed by atoms with Crippen molar-refractivity contribution in [3.63, 3.8) is 0 Å². The van der Waals surface area contributed by atoms with E-state index in [2.05, 4.69) is 143 Å². The molecule has 0 saturated heterocycles. The molecule has 0 aliphatic heterocycles. The molecule has 0 unspecified atom stereocenters. The Morgan fingerprint density at radius 3 is 1.93 bits per heavy atom. The monoisotopic (exact) mass is 763 g/mol. The molecule has 0 bridgehead atoms. The third-order valence-corrected chi connectivity index (χ3v) is 8.31. The van der Waals surface area contributed by atoms with Crippen molar-refractivity contribution in [2.75, 3.05) is 0 Å². The van der Waals surface area contributed by atoms with Gasteiger partial charge in [-0.15, -0.1) is 34.1 Å². The molecule has 0 amide bonds. The molecule has 0 heterocycles. The van der Waals surface area contributed by atoms with E-state index in [1.807, 2.05) is 0 Å². The van der Waals surface area contributed by atoms with Crippen LogP contribution < -0.4 is 35.3 Å². The van der Waals surface area contributed by atoms with Crippen LogP contribution in [0.5, 0.6) is 0 Å². The summed E-state index contributed by atoms with van der Waals surface area (Å²) in [5.41, 5.74) is 15.1. The first-order valence-electron chi connectivity index (χ1n) is 14.5. The van der Waals surface area contributed by atoms with Gasteiger partial charge in [0, 0.05) is 25.8 Å². The van der Waals surface area contributed by atoms with Gasteiger partial charge < -0.3 is 24.8 Å². The topological polar surface area (TPSA) is 0 Å². The van der Waals surface area contributed by atoms with Gasteiger partial charge in [-0.3, -0.25) is 0 Å². The third kappa shape index (κ3) is 6.55. The fourth-order valence-corrected chi connectivity index (χ4v) is 6.35. The summed E-state index contributed by atoms with van der Waals surface area (Å²) >= 11 is 0. The molecule has 3 aromatic carbocycles. The minimum atomic E-state index is -0.0196. The van der Waals surface area contributed by atoms with Gasteiger partial charge in [-0.25, -0.2) is 0 Å². The third-order valence-electron chi connectivity index (χ3n) is 8.31. The van der Waals surface area contributed by atoms with Crippen molar-refractivity contribution in [1.82, 2.24) is 0 Å². The Kier molecular flexibility index (Phi) is 11.1. The maximum Gasteiger partial charge on any atom is 0 e. The van der Waals surface area contributed by atoms with Crippen LogP contribution in [0.2, 0.25) is 0 Å². The Hall–Kier alpha value is -1.67. The van der Waals surface area contributed by atoms with E-state index in [0.717, 1.165) is 6.42 Å². The molecule has 0 fully saturated rings. The van der Waals surface area contributed by atoms with E-state index in [9.17, 15) is 0 Å². The van der Waals surface area contributed by atoms with Crippen molar-refractivity contribution < 1.29 is 50.7 Å². The normalized spacial score (nSPS) is 13.9. The molecule has 42 heavy (non-hydrogen) atoms. The molecule has 0 atom stereocenters. The summed E-state index contributed by atoms with van der Waals surface area (Å²) in [5, 5.41) is 2.66. The van der Waals surface area contributed by atoms with Gasteiger partial charge in [0.15, 0.2) is 0 Å². The molecule has 2 aliphatic rings. The van der Waals surface area contributed by atoms with Crippen LogP contribution in [-0.4, -0.2) is 0 Å². The van der Waals surface area contributed by atoms with Gasteiger partial charge in [-0.05, 0) is 58.4 Å². The number of fused-ring (bicyclic) bond motifs is 3. The summed E-state index contributed by atoms with van der Waals surface area (Å²) in [5.74, 6) is 0. The molecule has 0 radical (unpaired) electrons. The first-order chi connectivity index (χ1) is 18.1. The molecule has 0 saturated carbocycles. The number of hydrogen-bond acceptors (Lipinski definition) is 0. The minimum absolute atomic E-state index is 0. The summed E-state index contributed by atoms with van der Waals surface area (Å²) in [4.78, 5) is 0. The number of hydrogen-bond donors (Lipinski definition) is 0. The van der Waals surface area contributed by atoms with E-state index in [4.69, 9.17) is 0 Å². The zero-order chi connectivity index (χ0) is 28.5. The van der Waals surface area contributed by atoms with Gasteiger partial charge in [-0.2, -0.15) is 0 Å². The van der Waals surface area contributed by atoms with Crippen molar-refractivity contribution in [1.29, 1.82) is 0 Å². The summed E-state index contributed by atoms with van der Waals surface area (Å²) in [6.07, 6.45) is 9.63. The zero-order valence-corrected chi connectivity index (χ0v) is 32.3. The molecule has 0 N–H and O–H groups in total. The molecule has 0 nitrogen and oxygen atoms in total. The molecular formula is C39H45Cl2Hf-3. The van der Waals surface area contributed by atoms with Crippen LogP contribution in [0, 0.1) is 0 Å². The number of rotatable bonds is 2. The Labute approximate surface area is 286 Å². The minimum Gasteiger partial charge on any atom is -1.00 e. The second-order valence-electron chi connectivity index (χ2n) is 14.8. The maximum atomic E-state index is 3.96. The van der Waals surface area contributed by atoms with Crippen molar-refractivity contribution in [2.24, 2.45) is 0 Å². The molecule has 5 rings (SSSR count). The molecule has 2 aliphatic carbocycles. The largest absolute Gasteiger partial charge is 1.00 e. The van der Waals surface area contributed by atoms with E-state index in [-0.39, 0.29) is 66.9 Å². The van der Waals surface area contributed by atoms with Crippen molar-refractivity contribution in [2.45, 2.75) is 98.8 Å². The van der Waals surface area contributed by atoms with E-state index >= 15 is 0 Å². The number of halogens is 2. The van der Waals surface area contributed by atoms with Crippen LogP contribution in [-0.2, 0) is 42.1 Å². The first kappa shape index (κ1) is 36.5. The second-order valence-corrected chi connectivity index (χ2v) is 14.8. The van der Waals surface area contributed by atoms with E-state index in [1.165, 1.54) is 71.7 Å². The molecular weight excluding hydrogens is 718 g/mol. The van der Waals surface area contributed by atoms with Crippen molar-refractivity contribution >= 4 is 22.8 Å². The fourth-order valence-electron chi connectivity index (χ4n) is 6.35. The number of benzene rings is 3. The van der Waals surface area contributed by atoms with Gasteiger partial charge in [0.1, 0.15) is 0 Å². The average Bonchev–Trinajstić information content (AvgIpc) is 3.45.